The van der Waals surface area contributed by atoms with Crippen molar-refractivity contribution in [2.75, 3.05) is 0 Å². The smallest absolute Gasteiger partial charge is 0.262 e. The maximum Gasteiger partial charge on any atom is 0.262 e. The Hall–Kier alpha value is -1.69. The van der Waals surface area contributed by atoms with Crippen molar-refractivity contribution in [1.29, 1.82) is 0 Å². The van der Waals surface area contributed by atoms with E-state index in [1.165, 1.54) is 10.4 Å². The second-order valence-electron chi connectivity index (χ2n) is 6.19. The summed E-state index contributed by atoms with van der Waals surface area (Å²) in [6, 6.07) is 0. The summed E-state index contributed by atoms with van der Waals surface area (Å²) in [6.07, 6.45) is 4.05. The average Bonchev–Trinajstić information content (AvgIpc) is 3.00. The molecule has 0 spiro atoms. The average molecular weight is 319 g/mol. The van der Waals surface area contributed by atoms with Crippen molar-refractivity contribution in [3.05, 3.63) is 26.6 Å². The lowest BCUT2D eigenvalue weighted by Gasteiger charge is -2.14. The Kier molecular flexibility index (Phi) is 4.04. The molecule has 0 saturated heterocycles. The monoisotopic (exact) mass is 319 g/mol. The van der Waals surface area contributed by atoms with Gasteiger partial charge >= 0.3 is 0 Å². The number of aryl methyl sites for hydroxylation is 2. The third kappa shape index (κ3) is 2.56. The van der Waals surface area contributed by atoms with E-state index in [0.29, 0.717) is 19.4 Å². The van der Waals surface area contributed by atoms with E-state index in [0.717, 1.165) is 35.3 Å². The fraction of sp³-hybridized carbons (Fsp3) is 0.562. The number of thiophene rings is 1. The quantitative estimate of drug-likeness (QED) is 0.918. The molecule has 118 valence electrons. The minimum absolute atomic E-state index is 0.0533. The van der Waals surface area contributed by atoms with E-state index < -0.39 is 0 Å². The van der Waals surface area contributed by atoms with Gasteiger partial charge in [-0.15, -0.1) is 11.3 Å². The molecule has 1 aliphatic rings. The molecule has 2 aromatic heterocycles. The van der Waals surface area contributed by atoms with E-state index >= 15 is 0 Å². The van der Waals surface area contributed by atoms with E-state index in [9.17, 15) is 9.59 Å². The van der Waals surface area contributed by atoms with Gasteiger partial charge in [-0.05, 0) is 31.2 Å². The molecule has 0 aliphatic heterocycles. The van der Waals surface area contributed by atoms with Gasteiger partial charge in [0.05, 0.1) is 5.39 Å². The molecule has 1 amide bonds. The highest BCUT2D eigenvalue weighted by molar-refractivity contribution is 7.18. The van der Waals surface area contributed by atoms with Gasteiger partial charge < -0.3 is 5.73 Å². The third-order valence-corrected chi connectivity index (χ3v) is 5.36. The van der Waals surface area contributed by atoms with Gasteiger partial charge in [-0.2, -0.15) is 0 Å². The number of nitrogens with zero attached hydrogens (tertiary/aromatic N) is 2. The molecule has 0 atom stereocenters. The number of rotatable bonds is 5. The first-order valence-corrected chi connectivity index (χ1v) is 8.64. The molecule has 0 aromatic carbocycles. The van der Waals surface area contributed by atoms with Crippen LogP contribution in [0.15, 0.2) is 4.79 Å². The maximum absolute atomic E-state index is 13.0. The fourth-order valence-corrected chi connectivity index (χ4v) is 4.42. The van der Waals surface area contributed by atoms with Crippen molar-refractivity contribution in [2.45, 2.75) is 58.4 Å². The van der Waals surface area contributed by atoms with Gasteiger partial charge in [0.25, 0.3) is 5.56 Å². The number of hydrogen-bond donors (Lipinski definition) is 1. The number of primary amides is 1. The molecule has 22 heavy (non-hydrogen) atoms. The van der Waals surface area contributed by atoms with Gasteiger partial charge in [-0.3, -0.25) is 14.2 Å². The maximum atomic E-state index is 13.0. The van der Waals surface area contributed by atoms with Crippen molar-refractivity contribution >= 4 is 27.5 Å². The summed E-state index contributed by atoms with van der Waals surface area (Å²) in [5.41, 5.74) is 6.46. The zero-order valence-corrected chi connectivity index (χ0v) is 13.8. The molecule has 2 N–H and O–H groups in total. The summed E-state index contributed by atoms with van der Waals surface area (Å²) in [6.45, 7) is 4.59. The van der Waals surface area contributed by atoms with Gasteiger partial charge in [-0.25, -0.2) is 4.98 Å². The molecule has 0 unspecified atom stereocenters. The Bertz CT molecular complexity index is 789. The summed E-state index contributed by atoms with van der Waals surface area (Å²) in [5, 5.41) is 0.806. The topological polar surface area (TPSA) is 78.0 Å². The number of fused-ring (bicyclic) bond motifs is 3. The number of amides is 1. The van der Waals surface area contributed by atoms with E-state index in [1.54, 1.807) is 15.9 Å². The van der Waals surface area contributed by atoms with E-state index in [4.69, 9.17) is 10.7 Å². The molecule has 0 saturated carbocycles. The van der Waals surface area contributed by atoms with Crippen LogP contribution in [0.25, 0.3) is 10.2 Å². The SMILES string of the molecule is CC(C)c1nc2sc3c(c2c(=O)n1CCCC(N)=O)CCC3. The minimum Gasteiger partial charge on any atom is -0.370 e. The van der Waals surface area contributed by atoms with Crippen LogP contribution in [-0.2, 0) is 24.2 Å². The van der Waals surface area contributed by atoms with Crippen molar-refractivity contribution < 1.29 is 4.79 Å². The standard InChI is InChI=1S/C16H21N3O2S/c1-9(2)14-18-15-13(10-5-3-6-11(10)22-15)16(21)19(14)8-4-7-12(17)20/h9H,3-8H2,1-2H3,(H2,17,20). The number of carbonyl (C=O) groups is 1. The Labute approximate surface area is 133 Å². The van der Waals surface area contributed by atoms with Gasteiger partial charge in [0, 0.05) is 23.8 Å². The number of aromatic nitrogens is 2. The zero-order chi connectivity index (χ0) is 15.9. The third-order valence-electron chi connectivity index (χ3n) is 4.18. The summed E-state index contributed by atoms with van der Waals surface area (Å²) in [5.74, 6) is 0.647. The molecule has 2 aromatic rings. The molecule has 0 fully saturated rings. The predicted molar refractivity (Wildman–Crippen MR) is 88.4 cm³/mol. The van der Waals surface area contributed by atoms with Crippen LogP contribution in [0.4, 0.5) is 0 Å². The largest absolute Gasteiger partial charge is 0.370 e. The summed E-state index contributed by atoms with van der Waals surface area (Å²) in [7, 11) is 0. The van der Waals surface area contributed by atoms with Crippen LogP contribution < -0.4 is 11.3 Å². The molecule has 6 heteroatoms. The van der Waals surface area contributed by atoms with Gasteiger partial charge in [0.1, 0.15) is 10.7 Å². The van der Waals surface area contributed by atoms with Crippen LogP contribution in [0.1, 0.15) is 55.3 Å². The van der Waals surface area contributed by atoms with Crippen molar-refractivity contribution in [3.63, 3.8) is 0 Å². The number of hydrogen-bond acceptors (Lipinski definition) is 4. The van der Waals surface area contributed by atoms with Gasteiger partial charge in [0.15, 0.2) is 0 Å². The van der Waals surface area contributed by atoms with E-state index in [1.807, 2.05) is 13.8 Å². The molecule has 0 bridgehead atoms. The van der Waals surface area contributed by atoms with Crippen molar-refractivity contribution in [3.8, 4) is 0 Å². The first-order valence-electron chi connectivity index (χ1n) is 7.82. The molecular formula is C16H21N3O2S. The molecule has 5 nitrogen and oxygen atoms in total. The second kappa shape index (κ2) is 5.83. The van der Waals surface area contributed by atoms with Crippen LogP contribution in [0, 0.1) is 0 Å². The van der Waals surface area contributed by atoms with Crippen LogP contribution in [0.2, 0.25) is 0 Å². The van der Waals surface area contributed by atoms with E-state index in [2.05, 4.69) is 0 Å². The molecule has 1 aliphatic carbocycles. The summed E-state index contributed by atoms with van der Waals surface area (Å²) in [4.78, 5) is 30.9. The van der Waals surface area contributed by atoms with E-state index in [-0.39, 0.29) is 17.4 Å². The lowest BCUT2D eigenvalue weighted by atomic mass is 10.1. The van der Waals surface area contributed by atoms with Gasteiger partial charge in [-0.1, -0.05) is 13.8 Å². The second-order valence-corrected chi connectivity index (χ2v) is 7.27. The fourth-order valence-electron chi connectivity index (χ4n) is 3.16. The molecule has 0 radical (unpaired) electrons. The molecule has 3 rings (SSSR count). The highest BCUT2D eigenvalue weighted by Crippen LogP contribution is 2.35. The number of nitrogens with two attached hydrogens (primary N) is 1. The summed E-state index contributed by atoms with van der Waals surface area (Å²) < 4.78 is 1.75. The van der Waals surface area contributed by atoms with Crippen LogP contribution >= 0.6 is 11.3 Å². The molecular weight excluding hydrogens is 298 g/mol. The molecule has 2 heterocycles. The lowest BCUT2D eigenvalue weighted by Crippen LogP contribution is -2.27. The Balaban J connectivity index is 2.11. The Morgan fingerprint density at radius 3 is 2.86 bits per heavy atom. The van der Waals surface area contributed by atoms with Gasteiger partial charge in [0.2, 0.25) is 5.91 Å². The van der Waals surface area contributed by atoms with Crippen LogP contribution in [0.5, 0.6) is 0 Å². The van der Waals surface area contributed by atoms with Crippen molar-refractivity contribution in [1.82, 2.24) is 9.55 Å². The Morgan fingerprint density at radius 1 is 1.41 bits per heavy atom. The lowest BCUT2D eigenvalue weighted by molar-refractivity contribution is -0.118. The van der Waals surface area contributed by atoms with Crippen molar-refractivity contribution in [2.24, 2.45) is 5.73 Å². The highest BCUT2D eigenvalue weighted by Gasteiger charge is 2.23. The van der Waals surface area contributed by atoms with Crippen LogP contribution in [0.3, 0.4) is 0 Å². The Morgan fingerprint density at radius 2 is 2.18 bits per heavy atom. The minimum atomic E-state index is -0.329. The number of carbonyl (C=O) groups excluding carboxylic acids is 1. The zero-order valence-electron chi connectivity index (χ0n) is 13.0. The predicted octanol–water partition coefficient (Wildman–Crippen LogP) is 2.34. The normalized spacial score (nSPS) is 14.0. The van der Waals surface area contributed by atoms with Crippen LogP contribution in [-0.4, -0.2) is 15.5 Å². The summed E-state index contributed by atoms with van der Waals surface area (Å²) >= 11 is 1.67. The first kappa shape index (κ1) is 15.2. The first-order chi connectivity index (χ1) is 10.5. The highest BCUT2D eigenvalue weighted by atomic mass is 32.1.